The van der Waals surface area contributed by atoms with Gasteiger partial charge in [0.1, 0.15) is 12.4 Å². The van der Waals surface area contributed by atoms with E-state index in [4.69, 9.17) is 27.9 Å². The Bertz CT molecular complexity index is 292. The molecule has 0 radical (unpaired) electrons. The first-order valence-corrected chi connectivity index (χ1v) is 6.34. The lowest BCUT2D eigenvalue weighted by atomic mass is 10.3. The molecule has 0 atom stereocenters. The zero-order chi connectivity index (χ0) is 11.8. The van der Waals surface area contributed by atoms with Crippen LogP contribution in [-0.2, 0) is 0 Å². The first-order valence-electron chi connectivity index (χ1n) is 5.43. The maximum atomic E-state index is 5.78. The van der Waals surface area contributed by atoms with Crippen molar-refractivity contribution in [3.8, 4) is 5.75 Å². The molecule has 98 valence electrons. The van der Waals surface area contributed by atoms with Gasteiger partial charge >= 0.3 is 0 Å². The maximum Gasteiger partial charge on any atom is 0.119 e. The molecule has 0 aliphatic rings. The summed E-state index contributed by atoms with van der Waals surface area (Å²) in [5.74, 6) is 1.51. The quantitative estimate of drug-likeness (QED) is 0.712. The highest BCUT2D eigenvalue weighted by molar-refractivity contribution is 6.30. The Morgan fingerprint density at radius 2 is 1.82 bits per heavy atom. The van der Waals surface area contributed by atoms with Gasteiger partial charge in [-0.2, -0.15) is 0 Å². The van der Waals surface area contributed by atoms with E-state index in [2.05, 4.69) is 11.8 Å². The van der Waals surface area contributed by atoms with E-state index in [-0.39, 0.29) is 12.4 Å². The van der Waals surface area contributed by atoms with Gasteiger partial charge < -0.3 is 4.74 Å². The van der Waals surface area contributed by atoms with Crippen LogP contribution >= 0.6 is 35.6 Å². The van der Waals surface area contributed by atoms with Crippen LogP contribution in [0.1, 0.15) is 6.92 Å². The Morgan fingerprint density at radius 3 is 2.35 bits per heavy atom. The van der Waals surface area contributed by atoms with E-state index in [1.807, 2.05) is 24.3 Å². The van der Waals surface area contributed by atoms with E-state index in [0.717, 1.165) is 30.4 Å². The van der Waals surface area contributed by atoms with E-state index in [9.17, 15) is 0 Å². The maximum absolute atomic E-state index is 5.78. The molecule has 0 N–H and O–H groups in total. The van der Waals surface area contributed by atoms with Gasteiger partial charge in [0.05, 0.1) is 0 Å². The summed E-state index contributed by atoms with van der Waals surface area (Å²) in [4.78, 5) is 2.25. The smallest absolute Gasteiger partial charge is 0.119 e. The fourth-order valence-electron chi connectivity index (χ4n) is 1.37. The van der Waals surface area contributed by atoms with Gasteiger partial charge in [0.15, 0.2) is 0 Å². The second-order valence-electron chi connectivity index (χ2n) is 3.43. The molecular formula is C12H18Cl3NO. The van der Waals surface area contributed by atoms with Gasteiger partial charge in [0, 0.05) is 24.0 Å². The summed E-state index contributed by atoms with van der Waals surface area (Å²) in [5.41, 5.74) is 0. The monoisotopic (exact) mass is 297 g/mol. The lowest BCUT2D eigenvalue weighted by Crippen LogP contribution is -2.30. The number of alkyl halides is 1. The number of likely N-dealkylation sites (N-methyl/N-ethyl adjacent to an activating group) is 1. The minimum absolute atomic E-state index is 0. The molecule has 0 heterocycles. The minimum atomic E-state index is 0. The lowest BCUT2D eigenvalue weighted by Gasteiger charge is -2.18. The molecule has 0 saturated carbocycles. The van der Waals surface area contributed by atoms with Crippen LogP contribution in [0.3, 0.4) is 0 Å². The normalized spacial score (nSPS) is 10.1. The number of benzene rings is 1. The highest BCUT2D eigenvalue weighted by Crippen LogP contribution is 2.15. The van der Waals surface area contributed by atoms with Crippen LogP contribution in [0.2, 0.25) is 5.02 Å². The molecule has 1 rings (SSSR count). The van der Waals surface area contributed by atoms with E-state index >= 15 is 0 Å². The fraction of sp³-hybridized carbons (Fsp3) is 0.500. The summed E-state index contributed by atoms with van der Waals surface area (Å²) in [6.45, 7) is 5.59. The summed E-state index contributed by atoms with van der Waals surface area (Å²) in [5, 5.41) is 0.727. The van der Waals surface area contributed by atoms with E-state index in [1.54, 1.807) is 0 Å². The summed E-state index contributed by atoms with van der Waals surface area (Å²) < 4.78 is 5.60. The van der Waals surface area contributed by atoms with Crippen LogP contribution in [0.5, 0.6) is 5.75 Å². The van der Waals surface area contributed by atoms with Crippen molar-refractivity contribution in [1.29, 1.82) is 0 Å². The van der Waals surface area contributed by atoms with Crippen LogP contribution in [0, 0.1) is 0 Å². The van der Waals surface area contributed by atoms with Crippen molar-refractivity contribution < 1.29 is 4.74 Å². The summed E-state index contributed by atoms with van der Waals surface area (Å²) in [7, 11) is 0. The van der Waals surface area contributed by atoms with Gasteiger partial charge in [-0.3, -0.25) is 4.90 Å². The number of ether oxygens (including phenoxy) is 1. The first-order chi connectivity index (χ1) is 7.76. The third-order valence-corrected chi connectivity index (χ3v) is 2.76. The van der Waals surface area contributed by atoms with Crippen LogP contribution in [0.4, 0.5) is 0 Å². The van der Waals surface area contributed by atoms with E-state index < -0.39 is 0 Å². The molecule has 0 amide bonds. The van der Waals surface area contributed by atoms with Gasteiger partial charge in [0.2, 0.25) is 0 Å². The second-order valence-corrected chi connectivity index (χ2v) is 4.24. The number of hydrogen-bond acceptors (Lipinski definition) is 2. The molecule has 0 aromatic heterocycles. The Balaban J connectivity index is 0.00000256. The Labute approximate surface area is 119 Å². The topological polar surface area (TPSA) is 12.5 Å². The zero-order valence-corrected chi connectivity index (χ0v) is 12.2. The van der Waals surface area contributed by atoms with Gasteiger partial charge in [-0.1, -0.05) is 18.5 Å². The van der Waals surface area contributed by atoms with Crippen molar-refractivity contribution in [3.63, 3.8) is 0 Å². The lowest BCUT2D eigenvalue weighted by molar-refractivity contribution is 0.223. The van der Waals surface area contributed by atoms with Gasteiger partial charge in [-0.25, -0.2) is 0 Å². The number of halogens is 3. The fourth-order valence-corrected chi connectivity index (χ4v) is 1.74. The third-order valence-electron chi connectivity index (χ3n) is 2.34. The molecule has 0 unspecified atom stereocenters. The average molecular weight is 299 g/mol. The summed E-state index contributed by atoms with van der Waals surface area (Å²) in [6, 6.07) is 7.40. The van der Waals surface area contributed by atoms with Gasteiger partial charge in [-0.15, -0.1) is 24.0 Å². The van der Waals surface area contributed by atoms with Crippen molar-refractivity contribution >= 4 is 35.6 Å². The number of rotatable bonds is 7. The number of hydrogen-bond donors (Lipinski definition) is 0. The molecule has 0 fully saturated rings. The first kappa shape index (κ1) is 16.9. The molecule has 0 bridgehead atoms. The molecule has 0 aliphatic heterocycles. The molecule has 1 aromatic carbocycles. The van der Waals surface area contributed by atoms with Gasteiger partial charge in [-0.05, 0) is 30.8 Å². The molecule has 0 aliphatic carbocycles. The molecule has 0 spiro atoms. The molecule has 1 aromatic rings. The Hall–Kier alpha value is -0.150. The standard InChI is InChI=1S/C12H17Cl2NO.ClH/c1-2-15(8-7-13)9-10-16-12-5-3-11(14)4-6-12;/h3-6H,2,7-10H2,1H3;1H. The summed E-state index contributed by atoms with van der Waals surface area (Å²) >= 11 is 11.5. The Kier molecular flexibility index (Phi) is 9.75. The Morgan fingerprint density at radius 1 is 1.18 bits per heavy atom. The minimum Gasteiger partial charge on any atom is -0.492 e. The van der Waals surface area contributed by atoms with Crippen molar-refractivity contribution in [2.75, 3.05) is 32.1 Å². The van der Waals surface area contributed by atoms with Crippen molar-refractivity contribution in [2.24, 2.45) is 0 Å². The highest BCUT2D eigenvalue weighted by Gasteiger charge is 2.01. The zero-order valence-electron chi connectivity index (χ0n) is 9.86. The molecule has 5 heteroatoms. The predicted molar refractivity (Wildman–Crippen MR) is 77.0 cm³/mol. The molecule has 0 saturated heterocycles. The third kappa shape index (κ3) is 6.99. The number of nitrogens with zero attached hydrogens (tertiary/aromatic N) is 1. The average Bonchev–Trinajstić information content (AvgIpc) is 2.30. The van der Waals surface area contributed by atoms with Crippen LogP contribution in [0.15, 0.2) is 24.3 Å². The summed E-state index contributed by atoms with van der Waals surface area (Å²) in [6.07, 6.45) is 0. The molecular weight excluding hydrogens is 280 g/mol. The van der Waals surface area contributed by atoms with E-state index in [0.29, 0.717) is 12.5 Å². The van der Waals surface area contributed by atoms with Crippen LogP contribution in [-0.4, -0.2) is 37.0 Å². The SMILES string of the molecule is CCN(CCCl)CCOc1ccc(Cl)cc1.Cl. The van der Waals surface area contributed by atoms with Crippen LogP contribution < -0.4 is 4.74 Å². The second kappa shape index (κ2) is 9.84. The highest BCUT2D eigenvalue weighted by atomic mass is 35.5. The van der Waals surface area contributed by atoms with Crippen molar-refractivity contribution in [3.05, 3.63) is 29.3 Å². The van der Waals surface area contributed by atoms with Crippen molar-refractivity contribution in [1.82, 2.24) is 4.90 Å². The molecule has 2 nitrogen and oxygen atoms in total. The molecule has 17 heavy (non-hydrogen) atoms. The van der Waals surface area contributed by atoms with Crippen molar-refractivity contribution in [2.45, 2.75) is 6.92 Å². The van der Waals surface area contributed by atoms with Gasteiger partial charge in [0.25, 0.3) is 0 Å². The van der Waals surface area contributed by atoms with E-state index in [1.165, 1.54) is 0 Å². The van der Waals surface area contributed by atoms with Crippen LogP contribution in [0.25, 0.3) is 0 Å². The largest absolute Gasteiger partial charge is 0.492 e. The predicted octanol–water partition coefficient (Wildman–Crippen LogP) is 3.70.